The lowest BCUT2D eigenvalue weighted by Gasteiger charge is -2.09. The molecule has 3 N–H and O–H groups in total. The van der Waals surface area contributed by atoms with Crippen LogP contribution in [0.15, 0.2) is 18.2 Å². The summed E-state index contributed by atoms with van der Waals surface area (Å²) in [6.07, 6.45) is 0. The summed E-state index contributed by atoms with van der Waals surface area (Å²) in [4.78, 5) is 0. The highest BCUT2D eigenvalue weighted by atomic mass is 35.5. The van der Waals surface area contributed by atoms with Gasteiger partial charge in [-0.1, -0.05) is 17.7 Å². The van der Waals surface area contributed by atoms with Crippen LogP contribution in [0.3, 0.4) is 0 Å². The molecule has 2 nitrogen and oxygen atoms in total. The smallest absolute Gasteiger partial charge is 0.124 e. The normalized spacial score (nSPS) is 12.0. The Kier molecular flexibility index (Phi) is 5.25. The van der Waals surface area contributed by atoms with Gasteiger partial charge in [0.15, 0.2) is 0 Å². The molecule has 1 aromatic rings. The molecule has 0 aliphatic rings. The Morgan fingerprint density at radius 1 is 1.54 bits per heavy atom. The van der Waals surface area contributed by atoms with Gasteiger partial charge in [-0.3, -0.25) is 0 Å². The van der Waals surface area contributed by atoms with Gasteiger partial charge in [-0.05, 0) is 17.7 Å². The molecule has 0 aromatic heterocycles. The van der Waals surface area contributed by atoms with Gasteiger partial charge in [0.1, 0.15) is 5.82 Å². The molecule has 0 radical (unpaired) electrons. The third-order valence-electron chi connectivity index (χ3n) is 1.56. The fourth-order valence-corrected chi connectivity index (χ4v) is 1.21. The van der Waals surface area contributed by atoms with E-state index in [1.165, 1.54) is 18.2 Å². The topological polar surface area (TPSA) is 46.2 Å². The van der Waals surface area contributed by atoms with Crippen LogP contribution in [0.2, 0.25) is 5.02 Å². The van der Waals surface area contributed by atoms with Crippen molar-refractivity contribution in [2.75, 3.05) is 6.61 Å². The third kappa shape index (κ3) is 3.12. The number of halogens is 3. The molecule has 0 amide bonds. The van der Waals surface area contributed by atoms with Crippen molar-refractivity contribution < 1.29 is 9.50 Å². The number of hydrogen-bond acceptors (Lipinski definition) is 2. The van der Waals surface area contributed by atoms with E-state index in [9.17, 15) is 4.39 Å². The molecule has 0 unspecified atom stereocenters. The van der Waals surface area contributed by atoms with Crippen molar-refractivity contribution in [3.8, 4) is 0 Å². The molecule has 13 heavy (non-hydrogen) atoms. The van der Waals surface area contributed by atoms with E-state index in [1.807, 2.05) is 0 Å². The molecule has 0 spiro atoms. The lowest BCUT2D eigenvalue weighted by molar-refractivity contribution is 0.268. The second-order valence-electron chi connectivity index (χ2n) is 2.45. The van der Waals surface area contributed by atoms with Gasteiger partial charge in [0.05, 0.1) is 12.6 Å². The van der Waals surface area contributed by atoms with Crippen molar-refractivity contribution >= 4 is 24.0 Å². The monoisotopic (exact) mass is 225 g/mol. The lowest BCUT2D eigenvalue weighted by Crippen LogP contribution is -2.14. The maximum Gasteiger partial charge on any atom is 0.124 e. The van der Waals surface area contributed by atoms with Gasteiger partial charge in [-0.2, -0.15) is 0 Å². The quantitative estimate of drug-likeness (QED) is 0.808. The minimum atomic E-state index is -0.543. The first-order chi connectivity index (χ1) is 5.65. The van der Waals surface area contributed by atoms with Crippen LogP contribution in [0, 0.1) is 5.82 Å². The van der Waals surface area contributed by atoms with Crippen molar-refractivity contribution in [3.05, 3.63) is 34.6 Å². The van der Waals surface area contributed by atoms with Gasteiger partial charge in [-0.25, -0.2) is 4.39 Å². The number of nitrogens with two attached hydrogens (primary N) is 1. The largest absolute Gasteiger partial charge is 0.394 e. The molecule has 1 atom stereocenters. The highest BCUT2D eigenvalue weighted by Gasteiger charge is 2.08. The van der Waals surface area contributed by atoms with Crippen molar-refractivity contribution in [3.63, 3.8) is 0 Å². The summed E-state index contributed by atoms with van der Waals surface area (Å²) in [6, 6.07) is 3.36. The van der Waals surface area contributed by atoms with Crippen LogP contribution < -0.4 is 5.73 Å². The summed E-state index contributed by atoms with van der Waals surface area (Å²) in [5, 5.41) is 8.95. The van der Waals surface area contributed by atoms with Crippen LogP contribution >= 0.6 is 24.0 Å². The summed E-state index contributed by atoms with van der Waals surface area (Å²) < 4.78 is 12.5. The first-order valence-electron chi connectivity index (χ1n) is 3.46. The second-order valence-corrected chi connectivity index (χ2v) is 2.86. The van der Waals surface area contributed by atoms with Crippen LogP contribution in [0.25, 0.3) is 0 Å². The molecule has 0 saturated carbocycles. The van der Waals surface area contributed by atoms with Gasteiger partial charge in [0.25, 0.3) is 0 Å². The van der Waals surface area contributed by atoms with Crippen molar-refractivity contribution in [2.24, 2.45) is 5.73 Å². The van der Waals surface area contributed by atoms with E-state index in [-0.39, 0.29) is 24.0 Å². The zero-order chi connectivity index (χ0) is 9.14. The fourth-order valence-electron chi connectivity index (χ4n) is 0.901. The van der Waals surface area contributed by atoms with Crippen LogP contribution in [0.1, 0.15) is 11.6 Å². The minimum Gasteiger partial charge on any atom is -0.394 e. The lowest BCUT2D eigenvalue weighted by atomic mass is 10.1. The highest BCUT2D eigenvalue weighted by Crippen LogP contribution is 2.21. The maximum absolute atomic E-state index is 12.5. The number of benzene rings is 1. The number of hydrogen-bond donors (Lipinski definition) is 2. The zero-order valence-corrected chi connectivity index (χ0v) is 8.28. The van der Waals surface area contributed by atoms with Gasteiger partial charge in [0, 0.05) is 5.02 Å². The predicted octanol–water partition coefficient (Wildman–Crippen LogP) is 1.89. The Morgan fingerprint density at radius 2 is 2.15 bits per heavy atom. The Balaban J connectivity index is 0.00000144. The van der Waals surface area contributed by atoms with Crippen LogP contribution in [-0.2, 0) is 0 Å². The van der Waals surface area contributed by atoms with Gasteiger partial charge in [-0.15, -0.1) is 12.4 Å². The van der Waals surface area contributed by atoms with E-state index in [2.05, 4.69) is 0 Å². The molecule has 1 rings (SSSR count). The first-order valence-corrected chi connectivity index (χ1v) is 3.84. The molecule has 0 aliphatic heterocycles. The second kappa shape index (κ2) is 5.40. The maximum atomic E-state index is 12.5. The van der Waals surface area contributed by atoms with Gasteiger partial charge >= 0.3 is 0 Å². The van der Waals surface area contributed by atoms with E-state index in [0.29, 0.717) is 5.56 Å². The zero-order valence-electron chi connectivity index (χ0n) is 6.71. The SMILES string of the molecule is Cl.N[C@@H](CO)c1ccc(F)cc1Cl. The standard InChI is InChI=1S/C8H9ClFNO.ClH/c9-7-3-5(10)1-2-6(7)8(11)4-12;/h1-3,8,12H,4,11H2;1H/t8-;/m0./s1. The van der Waals surface area contributed by atoms with Gasteiger partial charge in [0.2, 0.25) is 0 Å². The Morgan fingerprint density at radius 3 is 2.62 bits per heavy atom. The number of aliphatic hydroxyl groups excluding tert-OH is 1. The first kappa shape index (κ1) is 12.7. The molecule has 0 fully saturated rings. The average Bonchev–Trinajstić information content (AvgIpc) is 2.03. The fraction of sp³-hybridized carbons (Fsp3) is 0.250. The van der Waals surface area contributed by atoms with Gasteiger partial charge < -0.3 is 10.8 Å². The molecular weight excluding hydrogens is 216 g/mol. The van der Waals surface area contributed by atoms with Crippen molar-refractivity contribution in [1.29, 1.82) is 0 Å². The summed E-state index contributed by atoms with van der Waals surface area (Å²) in [7, 11) is 0. The Labute approximate surface area is 86.9 Å². The number of aliphatic hydroxyl groups is 1. The average molecular weight is 226 g/mol. The molecular formula is C8H10Cl2FNO. The Bertz CT molecular complexity index is 283. The molecule has 0 saturated heterocycles. The van der Waals surface area contributed by atoms with E-state index >= 15 is 0 Å². The van der Waals surface area contributed by atoms with Crippen LogP contribution in [0.5, 0.6) is 0 Å². The van der Waals surface area contributed by atoms with Crippen molar-refractivity contribution in [1.82, 2.24) is 0 Å². The van der Waals surface area contributed by atoms with E-state index in [0.717, 1.165) is 0 Å². The predicted molar refractivity (Wildman–Crippen MR) is 52.7 cm³/mol. The summed E-state index contributed by atoms with van der Waals surface area (Å²) in [5.74, 6) is -0.408. The molecule has 5 heteroatoms. The van der Waals surface area contributed by atoms with E-state index in [1.54, 1.807) is 0 Å². The molecule has 1 aromatic carbocycles. The minimum absolute atomic E-state index is 0. The molecule has 74 valence electrons. The third-order valence-corrected chi connectivity index (χ3v) is 1.89. The summed E-state index contributed by atoms with van der Waals surface area (Å²) in [6.45, 7) is -0.203. The van der Waals surface area contributed by atoms with E-state index < -0.39 is 11.9 Å². The molecule has 0 aliphatic carbocycles. The molecule has 0 bridgehead atoms. The van der Waals surface area contributed by atoms with Crippen LogP contribution in [-0.4, -0.2) is 11.7 Å². The highest BCUT2D eigenvalue weighted by molar-refractivity contribution is 6.31. The summed E-state index contributed by atoms with van der Waals surface area (Å²) in [5.41, 5.74) is 6.04. The Hall–Kier alpha value is -0.350. The number of rotatable bonds is 2. The summed E-state index contributed by atoms with van der Waals surface area (Å²) >= 11 is 5.67. The van der Waals surface area contributed by atoms with Crippen molar-refractivity contribution in [2.45, 2.75) is 6.04 Å². The van der Waals surface area contributed by atoms with Crippen LogP contribution in [0.4, 0.5) is 4.39 Å². The van der Waals surface area contributed by atoms with E-state index in [4.69, 9.17) is 22.4 Å². The molecule has 0 heterocycles.